The fourth-order valence-corrected chi connectivity index (χ4v) is 2.34. The van der Waals surface area contributed by atoms with Crippen LogP contribution >= 0.6 is 0 Å². The minimum absolute atomic E-state index is 0.565. The topological polar surface area (TPSA) is 48.8 Å². The average molecular weight is 240 g/mol. The van der Waals surface area contributed by atoms with Crippen molar-refractivity contribution in [2.24, 2.45) is 12.8 Å². The molecule has 0 radical (unpaired) electrons. The molecular weight excluding hydrogens is 224 g/mol. The van der Waals surface area contributed by atoms with Crippen molar-refractivity contribution in [1.82, 2.24) is 14.3 Å². The Bertz CT molecular complexity index is 678. The summed E-state index contributed by atoms with van der Waals surface area (Å²) in [6, 6.07) is 10.4. The first-order valence-corrected chi connectivity index (χ1v) is 6.03. The molecule has 4 nitrogen and oxygen atoms in total. The summed E-state index contributed by atoms with van der Waals surface area (Å²) in [4.78, 5) is 0. The van der Waals surface area contributed by atoms with Gasteiger partial charge < -0.3 is 10.3 Å². The molecule has 0 amide bonds. The molecule has 3 rings (SSSR count). The zero-order valence-corrected chi connectivity index (χ0v) is 10.4. The van der Waals surface area contributed by atoms with Crippen molar-refractivity contribution in [2.75, 3.05) is 0 Å². The maximum atomic E-state index is 5.79. The van der Waals surface area contributed by atoms with Crippen LogP contribution in [0.4, 0.5) is 0 Å². The molecule has 2 N–H and O–H groups in total. The van der Waals surface area contributed by atoms with Crippen LogP contribution in [0.3, 0.4) is 0 Å². The lowest BCUT2D eigenvalue weighted by atomic mass is 10.2. The van der Waals surface area contributed by atoms with Crippen molar-refractivity contribution < 1.29 is 0 Å². The first-order chi connectivity index (χ1) is 8.78. The summed E-state index contributed by atoms with van der Waals surface area (Å²) in [7, 11) is 1.93. The molecule has 3 aromatic rings. The minimum atomic E-state index is 0.565. The van der Waals surface area contributed by atoms with Gasteiger partial charge in [-0.3, -0.25) is 4.68 Å². The maximum absolute atomic E-state index is 5.79. The van der Waals surface area contributed by atoms with E-state index >= 15 is 0 Å². The van der Waals surface area contributed by atoms with Crippen LogP contribution < -0.4 is 5.73 Å². The fraction of sp³-hybridized carbons (Fsp3) is 0.214. The molecule has 0 aliphatic heterocycles. The number of aromatic nitrogens is 3. The predicted octanol–water partition coefficient (Wildman–Crippen LogP) is 1.88. The zero-order chi connectivity index (χ0) is 12.5. The van der Waals surface area contributed by atoms with Gasteiger partial charge in [-0.25, -0.2) is 0 Å². The van der Waals surface area contributed by atoms with Crippen molar-refractivity contribution in [3.63, 3.8) is 0 Å². The third-order valence-corrected chi connectivity index (χ3v) is 3.19. The number of aryl methyl sites for hydroxylation is 1. The first-order valence-electron chi connectivity index (χ1n) is 6.03. The molecule has 92 valence electrons. The summed E-state index contributed by atoms with van der Waals surface area (Å²) in [5, 5.41) is 5.64. The van der Waals surface area contributed by atoms with Crippen molar-refractivity contribution in [1.29, 1.82) is 0 Å². The van der Waals surface area contributed by atoms with Gasteiger partial charge >= 0.3 is 0 Å². The minimum Gasteiger partial charge on any atom is -0.341 e. The molecule has 0 atom stereocenters. The van der Waals surface area contributed by atoms with Crippen LogP contribution in [0.15, 0.2) is 42.7 Å². The lowest BCUT2D eigenvalue weighted by Crippen LogP contribution is -2.00. The van der Waals surface area contributed by atoms with Gasteiger partial charge in [0.05, 0.1) is 12.2 Å². The van der Waals surface area contributed by atoms with Crippen molar-refractivity contribution in [2.45, 2.75) is 13.1 Å². The van der Waals surface area contributed by atoms with Crippen LogP contribution in [-0.4, -0.2) is 14.3 Å². The summed E-state index contributed by atoms with van der Waals surface area (Å²) >= 11 is 0. The Kier molecular flexibility index (Phi) is 2.64. The second-order valence-electron chi connectivity index (χ2n) is 4.48. The van der Waals surface area contributed by atoms with E-state index in [1.165, 1.54) is 16.5 Å². The lowest BCUT2D eigenvalue weighted by Gasteiger charge is -2.02. The molecule has 18 heavy (non-hydrogen) atoms. The van der Waals surface area contributed by atoms with E-state index < -0.39 is 0 Å². The van der Waals surface area contributed by atoms with E-state index in [1.807, 2.05) is 30.1 Å². The van der Waals surface area contributed by atoms with E-state index in [4.69, 9.17) is 5.73 Å². The highest BCUT2D eigenvalue weighted by atomic mass is 15.3. The van der Waals surface area contributed by atoms with Gasteiger partial charge in [-0.05, 0) is 17.7 Å². The molecule has 0 aliphatic carbocycles. The van der Waals surface area contributed by atoms with Gasteiger partial charge in [0.25, 0.3) is 0 Å². The standard InChI is InChI=1S/C14H16N4/c1-17-7-6-12(16-17)10-18-9-11(8-15)13-4-2-3-5-14(13)18/h2-7,9H,8,10,15H2,1H3. The zero-order valence-electron chi connectivity index (χ0n) is 10.4. The molecule has 0 fully saturated rings. The largest absolute Gasteiger partial charge is 0.341 e. The number of fused-ring (bicyclic) bond motifs is 1. The third kappa shape index (κ3) is 1.80. The normalized spacial score (nSPS) is 11.2. The highest BCUT2D eigenvalue weighted by Crippen LogP contribution is 2.21. The number of rotatable bonds is 3. The van der Waals surface area contributed by atoms with Crippen LogP contribution in [0.25, 0.3) is 10.9 Å². The molecule has 4 heteroatoms. The number of nitrogens with zero attached hydrogens (tertiary/aromatic N) is 3. The Labute approximate surface area is 106 Å². The Balaban J connectivity index is 2.06. The van der Waals surface area contributed by atoms with Gasteiger partial charge in [-0.1, -0.05) is 18.2 Å². The van der Waals surface area contributed by atoms with E-state index in [1.54, 1.807) is 0 Å². The predicted molar refractivity (Wildman–Crippen MR) is 72.1 cm³/mol. The SMILES string of the molecule is Cn1ccc(Cn2cc(CN)c3ccccc32)n1. The summed E-state index contributed by atoms with van der Waals surface area (Å²) in [5.74, 6) is 0. The van der Waals surface area contributed by atoms with Gasteiger partial charge in [-0.15, -0.1) is 0 Å². The van der Waals surface area contributed by atoms with Crippen LogP contribution in [0.2, 0.25) is 0 Å². The van der Waals surface area contributed by atoms with Crippen LogP contribution in [0, 0.1) is 0 Å². The number of hydrogen-bond donors (Lipinski definition) is 1. The van der Waals surface area contributed by atoms with Crippen LogP contribution in [-0.2, 0) is 20.1 Å². The first kappa shape index (κ1) is 11.0. The van der Waals surface area contributed by atoms with Crippen LogP contribution in [0.5, 0.6) is 0 Å². The highest BCUT2D eigenvalue weighted by molar-refractivity contribution is 5.84. The van der Waals surface area contributed by atoms with Gasteiger partial charge in [0.2, 0.25) is 0 Å². The van der Waals surface area contributed by atoms with Crippen molar-refractivity contribution in [3.05, 3.63) is 54.0 Å². The maximum Gasteiger partial charge on any atom is 0.0821 e. The summed E-state index contributed by atoms with van der Waals surface area (Å²) in [6.45, 7) is 1.34. The van der Waals surface area contributed by atoms with Gasteiger partial charge in [0, 0.05) is 36.9 Å². The summed E-state index contributed by atoms with van der Waals surface area (Å²) in [6.07, 6.45) is 4.09. The van der Waals surface area contributed by atoms with Gasteiger partial charge in [-0.2, -0.15) is 5.10 Å². The van der Waals surface area contributed by atoms with E-state index in [-0.39, 0.29) is 0 Å². The molecule has 0 saturated carbocycles. The van der Waals surface area contributed by atoms with Crippen LogP contribution in [0.1, 0.15) is 11.3 Å². The molecule has 0 aliphatic rings. The monoisotopic (exact) mass is 240 g/mol. The Morgan fingerprint density at radius 2 is 2.06 bits per heavy atom. The molecule has 0 spiro atoms. The van der Waals surface area contributed by atoms with E-state index in [0.29, 0.717) is 6.54 Å². The smallest absolute Gasteiger partial charge is 0.0821 e. The summed E-state index contributed by atoms with van der Waals surface area (Å²) < 4.78 is 4.03. The number of benzene rings is 1. The molecule has 1 aromatic carbocycles. The second-order valence-corrected chi connectivity index (χ2v) is 4.48. The van der Waals surface area contributed by atoms with Gasteiger partial charge in [0.1, 0.15) is 0 Å². The lowest BCUT2D eigenvalue weighted by molar-refractivity contribution is 0.715. The molecule has 2 heterocycles. The number of nitrogens with two attached hydrogens (primary N) is 1. The third-order valence-electron chi connectivity index (χ3n) is 3.19. The molecule has 0 saturated heterocycles. The number of hydrogen-bond acceptors (Lipinski definition) is 2. The Morgan fingerprint density at radius 3 is 2.78 bits per heavy atom. The Morgan fingerprint density at radius 1 is 1.22 bits per heavy atom. The quantitative estimate of drug-likeness (QED) is 0.760. The summed E-state index contributed by atoms with van der Waals surface area (Å²) in [5.41, 5.74) is 9.24. The second kappa shape index (κ2) is 4.31. The molecule has 2 aromatic heterocycles. The molecule has 0 bridgehead atoms. The highest BCUT2D eigenvalue weighted by Gasteiger charge is 2.07. The molecular formula is C14H16N4. The van der Waals surface area contributed by atoms with E-state index in [2.05, 4.69) is 34.1 Å². The molecule has 0 unspecified atom stereocenters. The van der Waals surface area contributed by atoms with Gasteiger partial charge in [0.15, 0.2) is 0 Å². The van der Waals surface area contributed by atoms with Crippen molar-refractivity contribution >= 4 is 10.9 Å². The van der Waals surface area contributed by atoms with E-state index in [9.17, 15) is 0 Å². The average Bonchev–Trinajstić information content (AvgIpc) is 2.95. The number of para-hydroxylation sites is 1. The van der Waals surface area contributed by atoms with Crippen molar-refractivity contribution in [3.8, 4) is 0 Å². The Hall–Kier alpha value is -2.07. The van der Waals surface area contributed by atoms with E-state index in [0.717, 1.165) is 12.2 Å². The fourth-order valence-electron chi connectivity index (χ4n) is 2.34.